The van der Waals surface area contributed by atoms with E-state index in [0.29, 0.717) is 13.0 Å². The maximum Gasteiger partial charge on any atom is 0.234 e. The highest BCUT2D eigenvalue weighted by Crippen LogP contribution is 2.41. The van der Waals surface area contributed by atoms with Gasteiger partial charge >= 0.3 is 0 Å². The molecule has 2 aliphatic heterocycles. The zero-order chi connectivity index (χ0) is 17.9. The molecule has 1 spiro atoms. The van der Waals surface area contributed by atoms with Crippen LogP contribution in [0.15, 0.2) is 36.4 Å². The summed E-state index contributed by atoms with van der Waals surface area (Å²) in [7, 11) is 0. The second kappa shape index (κ2) is 7.40. The SMILES string of the molecule is C[C@@H](C(N)=O)N1CCC2(CC1)CC(=O)N(C/C=C/c1ccccc1)C2. The van der Waals surface area contributed by atoms with E-state index in [-0.39, 0.29) is 23.3 Å². The van der Waals surface area contributed by atoms with E-state index in [9.17, 15) is 9.59 Å². The number of primary amides is 1. The first-order valence-electron chi connectivity index (χ1n) is 9.02. The molecule has 0 aliphatic carbocycles. The number of nitrogens with zero attached hydrogens (tertiary/aromatic N) is 2. The van der Waals surface area contributed by atoms with Gasteiger partial charge in [-0.05, 0) is 43.8 Å². The molecule has 1 aromatic carbocycles. The number of rotatable bonds is 5. The Bertz CT molecular complexity index is 648. The molecule has 2 fully saturated rings. The number of amides is 2. The molecule has 0 bridgehead atoms. The molecule has 2 saturated heterocycles. The van der Waals surface area contributed by atoms with Crippen molar-refractivity contribution in [2.75, 3.05) is 26.2 Å². The molecule has 2 amide bonds. The van der Waals surface area contributed by atoms with Crippen LogP contribution >= 0.6 is 0 Å². The van der Waals surface area contributed by atoms with Gasteiger partial charge in [-0.3, -0.25) is 14.5 Å². The first-order valence-corrected chi connectivity index (χ1v) is 9.02. The van der Waals surface area contributed by atoms with Gasteiger partial charge in [0, 0.05) is 19.5 Å². The number of nitrogens with two attached hydrogens (primary N) is 1. The summed E-state index contributed by atoms with van der Waals surface area (Å²) in [4.78, 5) is 27.9. The minimum absolute atomic E-state index is 0.0749. The number of carbonyl (C=O) groups is 2. The third kappa shape index (κ3) is 4.10. The number of benzene rings is 1. The van der Waals surface area contributed by atoms with E-state index in [1.54, 1.807) is 0 Å². The van der Waals surface area contributed by atoms with Crippen LogP contribution in [0, 0.1) is 5.41 Å². The van der Waals surface area contributed by atoms with Crippen LogP contribution in [0.2, 0.25) is 0 Å². The predicted molar refractivity (Wildman–Crippen MR) is 98.6 cm³/mol. The van der Waals surface area contributed by atoms with Crippen LogP contribution in [-0.4, -0.2) is 53.8 Å². The third-order valence-electron chi connectivity index (χ3n) is 5.66. The monoisotopic (exact) mass is 341 g/mol. The molecule has 25 heavy (non-hydrogen) atoms. The molecular formula is C20H27N3O2. The van der Waals surface area contributed by atoms with E-state index < -0.39 is 0 Å². The van der Waals surface area contributed by atoms with Gasteiger partial charge in [-0.2, -0.15) is 0 Å². The molecule has 1 atom stereocenters. The molecule has 5 heteroatoms. The van der Waals surface area contributed by atoms with Crippen molar-refractivity contribution >= 4 is 17.9 Å². The summed E-state index contributed by atoms with van der Waals surface area (Å²) in [6, 6.07) is 9.90. The Morgan fingerprint density at radius 1 is 1.28 bits per heavy atom. The lowest BCUT2D eigenvalue weighted by molar-refractivity contribution is -0.127. The summed E-state index contributed by atoms with van der Waals surface area (Å²) in [5.74, 6) is -0.0276. The van der Waals surface area contributed by atoms with Crippen molar-refractivity contribution < 1.29 is 9.59 Å². The van der Waals surface area contributed by atoms with Gasteiger partial charge in [0.15, 0.2) is 0 Å². The standard InChI is InChI=1S/C20H27N3O2/c1-16(19(21)25)22-12-9-20(10-13-22)14-18(24)23(15-20)11-5-8-17-6-3-2-4-7-17/h2-8,16H,9-15H2,1H3,(H2,21,25)/b8-5+/t16-/m0/s1. The van der Waals surface area contributed by atoms with Gasteiger partial charge in [0.2, 0.25) is 11.8 Å². The molecule has 2 heterocycles. The van der Waals surface area contributed by atoms with Gasteiger partial charge in [0.1, 0.15) is 0 Å². The fourth-order valence-electron chi connectivity index (χ4n) is 3.93. The zero-order valence-electron chi connectivity index (χ0n) is 14.9. The van der Waals surface area contributed by atoms with Crippen LogP contribution in [-0.2, 0) is 9.59 Å². The predicted octanol–water partition coefficient (Wildman–Crippen LogP) is 1.89. The van der Waals surface area contributed by atoms with E-state index in [1.165, 1.54) is 0 Å². The van der Waals surface area contributed by atoms with Gasteiger partial charge in [-0.25, -0.2) is 0 Å². The summed E-state index contributed by atoms with van der Waals surface area (Å²) in [5, 5.41) is 0. The van der Waals surface area contributed by atoms with Crippen molar-refractivity contribution in [3.63, 3.8) is 0 Å². The Morgan fingerprint density at radius 3 is 2.60 bits per heavy atom. The Balaban J connectivity index is 1.54. The quantitative estimate of drug-likeness (QED) is 0.889. The molecule has 1 aromatic rings. The van der Waals surface area contributed by atoms with E-state index in [4.69, 9.17) is 5.73 Å². The van der Waals surface area contributed by atoms with Crippen LogP contribution in [0.5, 0.6) is 0 Å². The summed E-state index contributed by atoms with van der Waals surface area (Å²) < 4.78 is 0. The van der Waals surface area contributed by atoms with Crippen molar-refractivity contribution in [1.29, 1.82) is 0 Å². The van der Waals surface area contributed by atoms with Crippen molar-refractivity contribution in [1.82, 2.24) is 9.80 Å². The largest absolute Gasteiger partial charge is 0.368 e. The highest BCUT2D eigenvalue weighted by atomic mass is 16.2. The first-order chi connectivity index (χ1) is 12.0. The Morgan fingerprint density at radius 2 is 1.96 bits per heavy atom. The Labute approximate surface area is 149 Å². The van der Waals surface area contributed by atoms with Crippen LogP contribution in [0.3, 0.4) is 0 Å². The van der Waals surface area contributed by atoms with Crippen molar-refractivity contribution in [2.24, 2.45) is 11.1 Å². The Hall–Kier alpha value is -2.14. The molecule has 5 nitrogen and oxygen atoms in total. The summed E-state index contributed by atoms with van der Waals surface area (Å²) in [5.41, 5.74) is 6.63. The second-order valence-corrected chi connectivity index (χ2v) is 7.38. The van der Waals surface area contributed by atoms with Crippen LogP contribution in [0.1, 0.15) is 31.7 Å². The number of hydrogen-bond donors (Lipinski definition) is 1. The van der Waals surface area contributed by atoms with Crippen LogP contribution in [0.4, 0.5) is 0 Å². The van der Waals surface area contributed by atoms with Gasteiger partial charge in [-0.15, -0.1) is 0 Å². The van der Waals surface area contributed by atoms with Crippen molar-refractivity contribution in [3.8, 4) is 0 Å². The molecule has 2 aliphatic rings. The van der Waals surface area contributed by atoms with Gasteiger partial charge in [0.05, 0.1) is 6.04 Å². The average molecular weight is 341 g/mol. The minimum Gasteiger partial charge on any atom is -0.368 e. The van der Waals surface area contributed by atoms with Crippen molar-refractivity contribution in [2.45, 2.75) is 32.2 Å². The minimum atomic E-state index is -0.272. The number of likely N-dealkylation sites (tertiary alicyclic amines) is 2. The van der Waals surface area contributed by atoms with Gasteiger partial charge < -0.3 is 10.6 Å². The lowest BCUT2D eigenvalue weighted by Gasteiger charge is -2.40. The van der Waals surface area contributed by atoms with Gasteiger partial charge in [0.25, 0.3) is 0 Å². The third-order valence-corrected chi connectivity index (χ3v) is 5.66. The second-order valence-electron chi connectivity index (χ2n) is 7.38. The molecule has 0 saturated carbocycles. The van der Waals surface area contributed by atoms with Crippen LogP contribution < -0.4 is 5.73 Å². The summed E-state index contributed by atoms with van der Waals surface area (Å²) >= 11 is 0. The molecule has 3 rings (SSSR count). The fraction of sp³-hybridized carbons (Fsp3) is 0.500. The topological polar surface area (TPSA) is 66.6 Å². The van der Waals surface area contributed by atoms with E-state index in [2.05, 4.69) is 29.2 Å². The average Bonchev–Trinajstić information content (AvgIpc) is 2.91. The molecular weight excluding hydrogens is 314 g/mol. The number of carbonyl (C=O) groups excluding carboxylic acids is 2. The number of hydrogen-bond acceptors (Lipinski definition) is 3. The molecule has 0 unspecified atom stereocenters. The van der Waals surface area contributed by atoms with Crippen LogP contribution in [0.25, 0.3) is 6.08 Å². The zero-order valence-corrected chi connectivity index (χ0v) is 14.9. The molecule has 2 N–H and O–H groups in total. The lowest BCUT2D eigenvalue weighted by atomic mass is 9.77. The van der Waals surface area contributed by atoms with Crippen molar-refractivity contribution in [3.05, 3.63) is 42.0 Å². The molecule has 134 valence electrons. The molecule has 0 radical (unpaired) electrons. The van der Waals surface area contributed by atoms with E-state index in [0.717, 1.165) is 38.0 Å². The molecule has 0 aromatic heterocycles. The number of piperidine rings is 1. The normalized spacial score (nSPS) is 22.0. The van der Waals surface area contributed by atoms with E-state index >= 15 is 0 Å². The lowest BCUT2D eigenvalue weighted by Crippen LogP contribution is -2.49. The maximum absolute atomic E-state index is 12.4. The Kier molecular flexibility index (Phi) is 5.23. The first kappa shape index (κ1) is 17.7. The van der Waals surface area contributed by atoms with E-state index in [1.807, 2.05) is 30.0 Å². The smallest absolute Gasteiger partial charge is 0.234 e. The summed E-state index contributed by atoms with van der Waals surface area (Å²) in [6.45, 7) is 5.03. The summed E-state index contributed by atoms with van der Waals surface area (Å²) in [6.07, 6.45) is 6.67. The maximum atomic E-state index is 12.4. The fourth-order valence-corrected chi connectivity index (χ4v) is 3.93. The highest BCUT2D eigenvalue weighted by molar-refractivity contribution is 5.80. The van der Waals surface area contributed by atoms with Gasteiger partial charge in [-0.1, -0.05) is 42.5 Å². The highest BCUT2D eigenvalue weighted by Gasteiger charge is 2.45.